The highest BCUT2D eigenvalue weighted by molar-refractivity contribution is 7.92. The number of anilines is 3. The molecule has 4 aromatic rings. The number of hydrogen-bond acceptors (Lipinski definition) is 7. The van der Waals surface area contributed by atoms with Gasteiger partial charge in [0, 0.05) is 25.0 Å². The molecule has 3 aromatic heterocycles. The highest BCUT2D eigenvalue weighted by Gasteiger charge is 2.15. The molecule has 0 spiro atoms. The molecule has 29 heavy (non-hydrogen) atoms. The Morgan fingerprint density at radius 2 is 2.00 bits per heavy atom. The summed E-state index contributed by atoms with van der Waals surface area (Å²) in [5.41, 5.74) is 1.49. The lowest BCUT2D eigenvalue weighted by Crippen LogP contribution is -2.14. The average Bonchev–Trinajstić information content (AvgIpc) is 3.23. The topological polar surface area (TPSA) is 120 Å². The van der Waals surface area contributed by atoms with Crippen LogP contribution in [0.1, 0.15) is 5.56 Å². The van der Waals surface area contributed by atoms with E-state index in [2.05, 4.69) is 30.2 Å². The third-order valence-electron chi connectivity index (χ3n) is 4.06. The van der Waals surface area contributed by atoms with Crippen molar-refractivity contribution in [1.82, 2.24) is 29.5 Å². The first-order valence-electron chi connectivity index (χ1n) is 8.48. The monoisotopic (exact) mass is 416 g/mol. The van der Waals surface area contributed by atoms with Gasteiger partial charge in [-0.2, -0.15) is 15.2 Å². The Balaban J connectivity index is 1.69. The van der Waals surface area contributed by atoms with E-state index in [0.29, 0.717) is 22.7 Å². The molecule has 2 N–H and O–H groups in total. The first-order chi connectivity index (χ1) is 13.8. The summed E-state index contributed by atoms with van der Waals surface area (Å²) in [6.45, 7) is -0.0165. The van der Waals surface area contributed by atoms with Crippen LogP contribution in [0.2, 0.25) is 0 Å². The fourth-order valence-electron chi connectivity index (χ4n) is 2.82. The molecule has 0 unspecified atom stereocenters. The number of hydrogen-bond donors (Lipinski definition) is 2. The van der Waals surface area contributed by atoms with Gasteiger partial charge < -0.3 is 5.32 Å². The quantitative estimate of drug-likeness (QED) is 0.492. The molecule has 0 bridgehead atoms. The van der Waals surface area contributed by atoms with Crippen molar-refractivity contribution >= 4 is 38.4 Å². The van der Waals surface area contributed by atoms with Gasteiger partial charge in [0.25, 0.3) is 0 Å². The molecule has 12 heteroatoms. The minimum atomic E-state index is -3.57. The van der Waals surface area contributed by atoms with Crippen LogP contribution in [0.15, 0.2) is 43.0 Å². The predicted molar refractivity (Wildman–Crippen MR) is 106 cm³/mol. The second-order valence-electron chi connectivity index (χ2n) is 6.44. The van der Waals surface area contributed by atoms with Crippen LogP contribution in [0.3, 0.4) is 0 Å². The van der Waals surface area contributed by atoms with Gasteiger partial charge >= 0.3 is 0 Å². The number of fused-ring (bicyclic) bond motifs is 1. The van der Waals surface area contributed by atoms with E-state index < -0.39 is 15.8 Å². The molecule has 0 saturated carbocycles. The number of rotatable bonds is 6. The normalized spacial score (nSPS) is 11.7. The smallest absolute Gasteiger partial charge is 0.229 e. The Labute approximate surface area is 165 Å². The molecule has 0 atom stereocenters. The van der Waals surface area contributed by atoms with Crippen molar-refractivity contribution in [2.75, 3.05) is 16.3 Å². The lowest BCUT2D eigenvalue weighted by atomic mass is 10.1. The van der Waals surface area contributed by atoms with E-state index in [-0.39, 0.29) is 17.8 Å². The van der Waals surface area contributed by atoms with E-state index in [1.807, 2.05) is 0 Å². The van der Waals surface area contributed by atoms with E-state index in [0.717, 1.165) is 6.26 Å². The summed E-state index contributed by atoms with van der Waals surface area (Å²) in [5.74, 6) is -0.222. The molecule has 0 fully saturated rings. The molecule has 0 aliphatic rings. The number of nitrogens with zero attached hydrogens (tertiary/aromatic N) is 6. The summed E-state index contributed by atoms with van der Waals surface area (Å²) in [4.78, 5) is 8.69. The fraction of sp³-hybridized carbons (Fsp3) is 0.176. The molecule has 4 rings (SSSR count). The number of benzene rings is 1. The van der Waals surface area contributed by atoms with Crippen molar-refractivity contribution in [3.8, 4) is 0 Å². The van der Waals surface area contributed by atoms with Gasteiger partial charge in [0.2, 0.25) is 16.0 Å². The van der Waals surface area contributed by atoms with Crippen molar-refractivity contribution in [3.63, 3.8) is 0 Å². The molecule has 1 aromatic carbocycles. The highest BCUT2D eigenvalue weighted by Crippen LogP contribution is 2.23. The minimum Gasteiger partial charge on any atom is -0.321 e. The standard InChI is InChI=1S/C17H17FN8O2S/c1-25-9-12(8-20-25)22-17-19-6-11-7-21-26(16(11)23-17)10-13-14(18)4-3-5-15(13)24-29(2,27)28/h3-9,24H,10H2,1-2H3,(H,19,22,23). The maximum absolute atomic E-state index is 14.5. The van der Waals surface area contributed by atoms with Crippen LogP contribution in [0, 0.1) is 5.82 Å². The number of aryl methyl sites for hydroxylation is 1. The van der Waals surface area contributed by atoms with Crippen LogP contribution < -0.4 is 10.0 Å². The number of aromatic nitrogens is 6. The van der Waals surface area contributed by atoms with Crippen molar-refractivity contribution in [2.45, 2.75) is 6.54 Å². The van der Waals surface area contributed by atoms with Gasteiger partial charge in [-0.15, -0.1) is 0 Å². The Hall–Kier alpha value is -3.54. The van der Waals surface area contributed by atoms with Crippen molar-refractivity contribution in [2.24, 2.45) is 7.05 Å². The third kappa shape index (κ3) is 4.16. The molecule has 0 aliphatic carbocycles. The van der Waals surface area contributed by atoms with Crippen LogP contribution in [0.25, 0.3) is 11.0 Å². The van der Waals surface area contributed by atoms with Crippen molar-refractivity contribution in [3.05, 3.63) is 54.4 Å². The van der Waals surface area contributed by atoms with Crippen LogP contribution in [-0.4, -0.2) is 44.2 Å². The molecule has 0 saturated heterocycles. The molecule has 0 amide bonds. The zero-order chi connectivity index (χ0) is 20.6. The molecule has 3 heterocycles. The first kappa shape index (κ1) is 18.8. The Bertz CT molecular complexity index is 1300. The molecule has 0 aliphatic heterocycles. The van der Waals surface area contributed by atoms with E-state index in [4.69, 9.17) is 0 Å². The maximum atomic E-state index is 14.5. The maximum Gasteiger partial charge on any atom is 0.229 e. The summed E-state index contributed by atoms with van der Waals surface area (Å²) in [5, 5.41) is 12.0. The van der Waals surface area contributed by atoms with E-state index >= 15 is 0 Å². The highest BCUT2D eigenvalue weighted by atomic mass is 32.2. The van der Waals surface area contributed by atoms with E-state index in [9.17, 15) is 12.8 Å². The molecular formula is C17H17FN8O2S. The summed E-state index contributed by atoms with van der Waals surface area (Å²) in [7, 11) is -1.77. The van der Waals surface area contributed by atoms with Crippen LogP contribution in [-0.2, 0) is 23.6 Å². The van der Waals surface area contributed by atoms with Gasteiger partial charge in [0.1, 0.15) is 5.82 Å². The van der Waals surface area contributed by atoms with Crippen LogP contribution in [0.5, 0.6) is 0 Å². The van der Waals surface area contributed by atoms with Gasteiger partial charge in [0.15, 0.2) is 5.65 Å². The zero-order valence-electron chi connectivity index (χ0n) is 15.5. The minimum absolute atomic E-state index is 0.0165. The van der Waals surface area contributed by atoms with Gasteiger partial charge in [-0.3, -0.25) is 9.40 Å². The average molecular weight is 416 g/mol. The number of sulfonamides is 1. The van der Waals surface area contributed by atoms with Gasteiger partial charge in [-0.05, 0) is 12.1 Å². The second kappa shape index (κ2) is 7.13. The van der Waals surface area contributed by atoms with Gasteiger partial charge in [-0.1, -0.05) is 6.07 Å². The molecule has 0 radical (unpaired) electrons. The summed E-state index contributed by atoms with van der Waals surface area (Å²) in [6.07, 6.45) is 7.57. The zero-order valence-corrected chi connectivity index (χ0v) is 16.4. The Kier molecular flexibility index (Phi) is 4.62. The molecule has 150 valence electrons. The second-order valence-corrected chi connectivity index (χ2v) is 8.19. The van der Waals surface area contributed by atoms with Gasteiger partial charge in [0.05, 0.1) is 42.0 Å². The first-order valence-corrected chi connectivity index (χ1v) is 10.4. The number of halogens is 1. The summed E-state index contributed by atoms with van der Waals surface area (Å²) >= 11 is 0. The Morgan fingerprint density at radius 3 is 2.72 bits per heavy atom. The largest absolute Gasteiger partial charge is 0.321 e. The lowest BCUT2D eigenvalue weighted by molar-refractivity contribution is 0.590. The lowest BCUT2D eigenvalue weighted by Gasteiger charge is -2.12. The van der Waals surface area contributed by atoms with Crippen molar-refractivity contribution < 1.29 is 12.8 Å². The summed E-state index contributed by atoms with van der Waals surface area (Å²) < 4.78 is 43.1. The van der Waals surface area contributed by atoms with Crippen LogP contribution in [0.4, 0.5) is 21.7 Å². The van der Waals surface area contributed by atoms with Crippen LogP contribution >= 0.6 is 0 Å². The predicted octanol–water partition coefficient (Wildman–Crippen LogP) is 1.86. The number of nitrogens with one attached hydrogen (secondary N) is 2. The third-order valence-corrected chi connectivity index (χ3v) is 4.65. The van der Waals surface area contributed by atoms with Gasteiger partial charge in [-0.25, -0.2) is 22.5 Å². The molecular weight excluding hydrogens is 399 g/mol. The fourth-order valence-corrected chi connectivity index (χ4v) is 3.41. The molecule has 10 nitrogen and oxygen atoms in total. The van der Waals surface area contributed by atoms with E-state index in [1.165, 1.54) is 22.9 Å². The SMILES string of the molecule is Cn1cc(Nc2ncc3cnn(Cc4c(F)cccc4NS(C)(=O)=O)c3n2)cn1. The summed E-state index contributed by atoms with van der Waals surface area (Å²) in [6, 6.07) is 4.19. The van der Waals surface area contributed by atoms with E-state index in [1.54, 1.807) is 36.5 Å². The Morgan fingerprint density at radius 1 is 1.17 bits per heavy atom. The van der Waals surface area contributed by atoms with Crippen molar-refractivity contribution in [1.29, 1.82) is 0 Å².